The van der Waals surface area contributed by atoms with Gasteiger partial charge < -0.3 is 15.8 Å². The average Bonchev–Trinajstić information content (AvgIpc) is 2.46. The maximum atomic E-state index is 10.8. The van der Waals surface area contributed by atoms with Crippen molar-refractivity contribution >= 4 is 11.5 Å². The monoisotopic (exact) mass is 272 g/mol. The van der Waals surface area contributed by atoms with Crippen LogP contribution in [0.15, 0.2) is 30.5 Å². The third-order valence-electron chi connectivity index (χ3n) is 3.21. The summed E-state index contributed by atoms with van der Waals surface area (Å²) in [5.74, 6) is 1.53. The number of anilines is 2. The van der Waals surface area contributed by atoms with E-state index in [1.54, 1.807) is 30.5 Å². The van der Waals surface area contributed by atoms with Gasteiger partial charge in [0.25, 0.3) is 0 Å². The van der Waals surface area contributed by atoms with Gasteiger partial charge in [0, 0.05) is 18.3 Å². The topological polar surface area (TPSA) is 96.4 Å². The molecule has 0 saturated heterocycles. The van der Waals surface area contributed by atoms with Crippen molar-refractivity contribution in [1.29, 1.82) is 0 Å². The van der Waals surface area contributed by atoms with Gasteiger partial charge in [0.2, 0.25) is 0 Å². The standard InChI is InChI=1S/C13H14N5O2/c1-8-14-6-10-7-15-12(17-13(10)16-8)9-2-4-11(5-3-9)18(19)20/h2-6,12,15,19H,7H2,1H3,(H,14,16,17)/q-1. The summed E-state index contributed by atoms with van der Waals surface area (Å²) in [5.41, 5.74) is 2.17. The number of benzene rings is 1. The summed E-state index contributed by atoms with van der Waals surface area (Å²) in [5, 5.41) is 26.0. The third kappa shape index (κ3) is 2.42. The number of aryl methyl sites for hydroxylation is 1. The van der Waals surface area contributed by atoms with Gasteiger partial charge in [-0.3, -0.25) is 10.5 Å². The summed E-state index contributed by atoms with van der Waals surface area (Å²) in [6.45, 7) is 2.51. The maximum Gasteiger partial charge on any atom is 0.135 e. The molecule has 3 rings (SSSR count). The molecule has 20 heavy (non-hydrogen) atoms. The SMILES string of the molecule is Cc1ncc2c(n1)NC(c1ccc(N([O-])O)cc1)NC2. The first kappa shape index (κ1) is 12.8. The van der Waals surface area contributed by atoms with Gasteiger partial charge in [-0.05, 0) is 24.6 Å². The first-order chi connectivity index (χ1) is 9.63. The quantitative estimate of drug-likeness (QED) is 0.716. The van der Waals surface area contributed by atoms with Crippen molar-refractivity contribution in [2.45, 2.75) is 19.6 Å². The normalized spacial score (nSPS) is 17.2. The van der Waals surface area contributed by atoms with E-state index in [2.05, 4.69) is 20.6 Å². The molecule has 1 atom stereocenters. The Labute approximate surface area is 115 Å². The van der Waals surface area contributed by atoms with Crippen molar-refractivity contribution < 1.29 is 5.21 Å². The summed E-state index contributed by atoms with van der Waals surface area (Å²) in [7, 11) is 0. The Morgan fingerprint density at radius 1 is 1.35 bits per heavy atom. The van der Waals surface area contributed by atoms with Crippen LogP contribution >= 0.6 is 0 Å². The fourth-order valence-corrected chi connectivity index (χ4v) is 2.14. The number of nitrogens with one attached hydrogen (secondary N) is 2. The minimum Gasteiger partial charge on any atom is -0.733 e. The van der Waals surface area contributed by atoms with Crippen molar-refractivity contribution in [2.75, 3.05) is 10.5 Å². The van der Waals surface area contributed by atoms with E-state index in [1.165, 1.54) is 0 Å². The largest absolute Gasteiger partial charge is 0.733 e. The molecule has 7 heteroatoms. The lowest BCUT2D eigenvalue weighted by Gasteiger charge is -2.28. The highest BCUT2D eigenvalue weighted by Gasteiger charge is 2.19. The summed E-state index contributed by atoms with van der Waals surface area (Å²) in [4.78, 5) is 8.54. The summed E-state index contributed by atoms with van der Waals surface area (Å²) < 4.78 is 0. The van der Waals surface area contributed by atoms with Crippen molar-refractivity contribution in [3.05, 3.63) is 52.6 Å². The minimum atomic E-state index is -0.155. The molecule has 0 radical (unpaired) electrons. The van der Waals surface area contributed by atoms with Crippen LogP contribution in [-0.4, -0.2) is 15.2 Å². The van der Waals surface area contributed by atoms with Gasteiger partial charge in [-0.25, -0.2) is 9.97 Å². The van der Waals surface area contributed by atoms with Gasteiger partial charge in [0.15, 0.2) is 0 Å². The number of rotatable bonds is 2. The highest BCUT2D eigenvalue weighted by atomic mass is 16.8. The van der Waals surface area contributed by atoms with Crippen LogP contribution in [0, 0.1) is 12.1 Å². The van der Waals surface area contributed by atoms with Crippen LogP contribution in [0.5, 0.6) is 0 Å². The lowest BCUT2D eigenvalue weighted by molar-refractivity contribution is 0.296. The van der Waals surface area contributed by atoms with Gasteiger partial charge in [-0.1, -0.05) is 12.1 Å². The first-order valence-corrected chi connectivity index (χ1v) is 6.22. The predicted molar refractivity (Wildman–Crippen MR) is 74.0 cm³/mol. The minimum absolute atomic E-state index is 0.0929. The van der Waals surface area contributed by atoms with Crippen molar-refractivity contribution in [1.82, 2.24) is 15.3 Å². The molecule has 2 aromatic rings. The summed E-state index contributed by atoms with van der Waals surface area (Å²) in [6, 6.07) is 6.68. The highest BCUT2D eigenvalue weighted by Crippen LogP contribution is 2.25. The average molecular weight is 272 g/mol. The van der Waals surface area contributed by atoms with Crippen LogP contribution in [0.4, 0.5) is 11.5 Å². The van der Waals surface area contributed by atoms with Gasteiger partial charge in [0.05, 0.1) is 5.69 Å². The van der Waals surface area contributed by atoms with Crippen LogP contribution in [0.3, 0.4) is 0 Å². The van der Waals surface area contributed by atoms with E-state index < -0.39 is 0 Å². The number of nitrogens with zero attached hydrogens (tertiary/aromatic N) is 3. The third-order valence-corrected chi connectivity index (χ3v) is 3.21. The van der Waals surface area contributed by atoms with Crippen molar-refractivity contribution in [2.24, 2.45) is 0 Å². The Hall–Kier alpha value is -2.22. The Morgan fingerprint density at radius 3 is 2.80 bits per heavy atom. The van der Waals surface area contributed by atoms with Gasteiger partial charge in [-0.2, -0.15) is 0 Å². The highest BCUT2D eigenvalue weighted by molar-refractivity contribution is 5.50. The smallest absolute Gasteiger partial charge is 0.135 e. The zero-order valence-corrected chi connectivity index (χ0v) is 10.9. The van der Waals surface area contributed by atoms with Crippen LogP contribution in [0.1, 0.15) is 23.1 Å². The maximum absolute atomic E-state index is 10.8. The Kier molecular flexibility index (Phi) is 3.23. The second-order valence-electron chi connectivity index (χ2n) is 4.61. The van der Waals surface area contributed by atoms with E-state index in [-0.39, 0.29) is 17.1 Å². The zero-order chi connectivity index (χ0) is 14.1. The van der Waals surface area contributed by atoms with Crippen molar-refractivity contribution in [3.8, 4) is 0 Å². The predicted octanol–water partition coefficient (Wildman–Crippen LogP) is 1.69. The van der Waals surface area contributed by atoms with Crippen LogP contribution in [-0.2, 0) is 6.54 Å². The zero-order valence-electron chi connectivity index (χ0n) is 10.9. The number of fused-ring (bicyclic) bond motifs is 1. The molecule has 1 aromatic heterocycles. The molecule has 7 nitrogen and oxygen atoms in total. The number of hydrogen-bond donors (Lipinski definition) is 3. The van der Waals surface area contributed by atoms with E-state index in [0.717, 1.165) is 22.8 Å². The molecule has 1 unspecified atom stereocenters. The number of aromatic nitrogens is 2. The fraction of sp³-hybridized carbons (Fsp3) is 0.231. The van der Waals surface area contributed by atoms with Gasteiger partial charge >= 0.3 is 0 Å². The molecule has 0 spiro atoms. The molecule has 1 aliphatic heterocycles. The van der Waals surface area contributed by atoms with E-state index in [1.807, 2.05) is 6.92 Å². The van der Waals surface area contributed by atoms with Gasteiger partial charge in [-0.15, -0.1) is 0 Å². The Balaban J connectivity index is 1.82. The second kappa shape index (κ2) is 5.04. The molecule has 0 saturated carbocycles. The molecule has 104 valence electrons. The molecular weight excluding hydrogens is 258 g/mol. The molecule has 0 amide bonds. The first-order valence-electron chi connectivity index (χ1n) is 6.22. The molecule has 1 aliphatic rings. The Morgan fingerprint density at radius 2 is 2.10 bits per heavy atom. The molecule has 1 aromatic carbocycles. The molecule has 0 aliphatic carbocycles. The fourth-order valence-electron chi connectivity index (χ4n) is 2.14. The molecule has 2 heterocycles. The second-order valence-corrected chi connectivity index (χ2v) is 4.61. The van der Waals surface area contributed by atoms with E-state index >= 15 is 0 Å². The molecule has 3 N–H and O–H groups in total. The Bertz CT molecular complexity index is 615. The molecular formula is C13H14N5O2-. The van der Waals surface area contributed by atoms with E-state index in [9.17, 15) is 5.21 Å². The lowest BCUT2D eigenvalue weighted by Crippen LogP contribution is -2.33. The van der Waals surface area contributed by atoms with Crippen LogP contribution < -0.4 is 15.9 Å². The van der Waals surface area contributed by atoms with E-state index in [4.69, 9.17) is 5.21 Å². The molecule has 0 fully saturated rings. The van der Waals surface area contributed by atoms with Crippen molar-refractivity contribution in [3.63, 3.8) is 0 Å². The van der Waals surface area contributed by atoms with Crippen LogP contribution in [0.2, 0.25) is 0 Å². The summed E-state index contributed by atoms with van der Waals surface area (Å²) in [6.07, 6.45) is 1.71. The summed E-state index contributed by atoms with van der Waals surface area (Å²) >= 11 is 0. The number of hydrogen-bond acceptors (Lipinski definition) is 7. The van der Waals surface area contributed by atoms with Gasteiger partial charge in [0.1, 0.15) is 17.8 Å². The molecule has 0 bridgehead atoms. The van der Waals surface area contributed by atoms with E-state index in [0.29, 0.717) is 6.54 Å². The van der Waals surface area contributed by atoms with Crippen LogP contribution in [0.25, 0.3) is 0 Å². The lowest BCUT2D eigenvalue weighted by atomic mass is 10.1.